The van der Waals surface area contributed by atoms with E-state index in [1.165, 1.54) is 0 Å². The molecule has 0 aromatic heterocycles. The van der Waals surface area contributed by atoms with Crippen LogP contribution in [0.2, 0.25) is 0 Å². The van der Waals surface area contributed by atoms with Crippen molar-refractivity contribution in [1.82, 2.24) is 10.6 Å². The predicted molar refractivity (Wildman–Crippen MR) is 101 cm³/mol. The lowest BCUT2D eigenvalue weighted by molar-refractivity contribution is -0.142. The molecule has 2 fully saturated rings. The van der Waals surface area contributed by atoms with Crippen LogP contribution in [-0.4, -0.2) is 35.6 Å². The van der Waals surface area contributed by atoms with Crippen LogP contribution in [0.25, 0.3) is 0 Å². The van der Waals surface area contributed by atoms with E-state index < -0.39 is 5.97 Å². The van der Waals surface area contributed by atoms with E-state index in [-0.39, 0.29) is 29.9 Å². The summed E-state index contributed by atoms with van der Waals surface area (Å²) < 4.78 is 0. The lowest BCUT2D eigenvalue weighted by Gasteiger charge is -2.27. The summed E-state index contributed by atoms with van der Waals surface area (Å²) in [5.41, 5.74) is 1.86. The molecule has 1 aromatic carbocycles. The van der Waals surface area contributed by atoms with E-state index in [9.17, 15) is 14.4 Å². The first-order chi connectivity index (χ1) is 12.9. The first-order valence-corrected chi connectivity index (χ1v) is 9.64. The van der Waals surface area contributed by atoms with Gasteiger partial charge in [-0.3, -0.25) is 9.59 Å². The molecule has 3 amide bonds. The average Bonchev–Trinajstić information content (AvgIpc) is 3.08. The van der Waals surface area contributed by atoms with Gasteiger partial charge in [0, 0.05) is 24.7 Å². The molecule has 0 bridgehead atoms. The second kappa shape index (κ2) is 8.41. The van der Waals surface area contributed by atoms with Crippen molar-refractivity contribution >= 4 is 23.6 Å². The molecule has 1 saturated carbocycles. The molecule has 3 rings (SSSR count). The van der Waals surface area contributed by atoms with Gasteiger partial charge in [-0.2, -0.15) is 0 Å². The topological polar surface area (TPSA) is 98.7 Å². The quantitative estimate of drug-likeness (QED) is 0.739. The third kappa shape index (κ3) is 4.78. The molecule has 27 heavy (non-hydrogen) atoms. The molecule has 3 N–H and O–H groups in total. The summed E-state index contributed by atoms with van der Waals surface area (Å²) in [4.78, 5) is 36.8. The highest BCUT2D eigenvalue weighted by Crippen LogP contribution is 2.25. The maximum atomic E-state index is 12.2. The van der Waals surface area contributed by atoms with Crippen LogP contribution < -0.4 is 15.5 Å². The number of rotatable bonds is 5. The standard InChI is InChI=1S/C20H27N3O4/c1-13(14-6-10-17(11-7-14)23-12-2-3-18(23)24)21-20(27)22-16-8-4-15(5-9-16)19(25)26/h6-7,10-11,13,15-16H,2-5,8-9,12H2,1H3,(H,25,26)(H2,21,22,27). The Morgan fingerprint density at radius 1 is 1.15 bits per heavy atom. The summed E-state index contributed by atoms with van der Waals surface area (Å²) >= 11 is 0. The Balaban J connectivity index is 1.48. The summed E-state index contributed by atoms with van der Waals surface area (Å²) in [5, 5.41) is 14.9. The van der Waals surface area contributed by atoms with Gasteiger partial charge in [0.1, 0.15) is 0 Å². The van der Waals surface area contributed by atoms with Crippen molar-refractivity contribution in [3.8, 4) is 0 Å². The van der Waals surface area contributed by atoms with Crippen molar-refractivity contribution in [2.75, 3.05) is 11.4 Å². The van der Waals surface area contributed by atoms with Crippen LogP contribution in [0.5, 0.6) is 0 Å². The third-order valence-corrected chi connectivity index (χ3v) is 5.54. The Bertz CT molecular complexity index is 696. The van der Waals surface area contributed by atoms with Crippen molar-refractivity contribution in [1.29, 1.82) is 0 Å². The Kier molecular flexibility index (Phi) is 5.98. The molecule has 0 spiro atoms. The number of aliphatic carboxylic acids is 1. The maximum absolute atomic E-state index is 12.2. The average molecular weight is 373 g/mol. The Morgan fingerprint density at radius 2 is 1.81 bits per heavy atom. The fourth-order valence-electron chi connectivity index (χ4n) is 3.86. The zero-order valence-corrected chi connectivity index (χ0v) is 15.6. The van der Waals surface area contributed by atoms with Gasteiger partial charge in [0.2, 0.25) is 5.91 Å². The van der Waals surface area contributed by atoms with Gasteiger partial charge >= 0.3 is 12.0 Å². The molecule has 1 heterocycles. The first kappa shape index (κ1) is 19.2. The van der Waals surface area contributed by atoms with Gasteiger partial charge in [-0.25, -0.2) is 4.79 Å². The van der Waals surface area contributed by atoms with Gasteiger partial charge in [0.05, 0.1) is 12.0 Å². The van der Waals surface area contributed by atoms with Crippen molar-refractivity contribution in [3.63, 3.8) is 0 Å². The molecule has 7 nitrogen and oxygen atoms in total. The number of amides is 3. The van der Waals surface area contributed by atoms with Crippen LogP contribution in [-0.2, 0) is 9.59 Å². The number of anilines is 1. The molecule has 1 aliphatic carbocycles. The number of benzene rings is 1. The second-order valence-corrected chi connectivity index (χ2v) is 7.47. The molecule has 1 unspecified atom stereocenters. The van der Waals surface area contributed by atoms with Gasteiger partial charge in [0.25, 0.3) is 0 Å². The number of hydrogen-bond acceptors (Lipinski definition) is 3. The molecule has 7 heteroatoms. The number of urea groups is 1. The van der Waals surface area contributed by atoms with Crippen molar-refractivity contribution in [2.24, 2.45) is 5.92 Å². The molecular weight excluding hydrogens is 346 g/mol. The van der Waals surface area contributed by atoms with E-state index >= 15 is 0 Å². The van der Waals surface area contributed by atoms with Crippen LogP contribution in [0.1, 0.15) is 57.1 Å². The normalized spacial score (nSPS) is 23.7. The van der Waals surface area contributed by atoms with Crippen molar-refractivity contribution in [3.05, 3.63) is 29.8 Å². The predicted octanol–water partition coefficient (Wildman–Crippen LogP) is 2.82. The zero-order chi connectivity index (χ0) is 19.4. The minimum atomic E-state index is -0.745. The van der Waals surface area contributed by atoms with Crippen LogP contribution in [0.15, 0.2) is 24.3 Å². The van der Waals surface area contributed by atoms with Crippen LogP contribution in [0.4, 0.5) is 10.5 Å². The second-order valence-electron chi connectivity index (χ2n) is 7.47. The smallest absolute Gasteiger partial charge is 0.315 e. The van der Waals surface area contributed by atoms with E-state index in [4.69, 9.17) is 5.11 Å². The van der Waals surface area contributed by atoms with Crippen LogP contribution in [0.3, 0.4) is 0 Å². The summed E-state index contributed by atoms with van der Waals surface area (Å²) in [6.07, 6.45) is 4.09. The maximum Gasteiger partial charge on any atom is 0.315 e. The molecule has 2 aliphatic rings. The van der Waals surface area contributed by atoms with Crippen molar-refractivity contribution in [2.45, 2.75) is 57.5 Å². The molecule has 1 saturated heterocycles. The highest BCUT2D eigenvalue weighted by molar-refractivity contribution is 5.95. The summed E-state index contributed by atoms with van der Waals surface area (Å²) in [6.45, 7) is 2.68. The fraction of sp³-hybridized carbons (Fsp3) is 0.550. The van der Waals surface area contributed by atoms with Gasteiger partial charge in [-0.15, -0.1) is 0 Å². The van der Waals surface area contributed by atoms with E-state index in [2.05, 4.69) is 10.6 Å². The molecule has 146 valence electrons. The highest BCUT2D eigenvalue weighted by Gasteiger charge is 2.27. The number of carbonyl (C=O) groups is 3. The highest BCUT2D eigenvalue weighted by atomic mass is 16.4. The van der Waals surface area contributed by atoms with Gasteiger partial charge < -0.3 is 20.6 Å². The number of carboxylic acid groups (broad SMARTS) is 1. The summed E-state index contributed by atoms with van der Waals surface area (Å²) in [6, 6.07) is 7.33. The Hall–Kier alpha value is -2.57. The van der Waals surface area contributed by atoms with Crippen LogP contribution in [0, 0.1) is 5.92 Å². The molecule has 1 aliphatic heterocycles. The van der Waals surface area contributed by atoms with Crippen LogP contribution >= 0.6 is 0 Å². The van der Waals surface area contributed by atoms with E-state index in [0.717, 1.165) is 24.2 Å². The van der Waals surface area contributed by atoms with E-state index in [0.29, 0.717) is 32.1 Å². The number of hydrogen-bond donors (Lipinski definition) is 3. The largest absolute Gasteiger partial charge is 0.481 e. The van der Waals surface area contributed by atoms with E-state index in [1.807, 2.05) is 31.2 Å². The zero-order valence-electron chi connectivity index (χ0n) is 15.6. The van der Waals surface area contributed by atoms with Gasteiger partial charge in [-0.05, 0) is 56.7 Å². The first-order valence-electron chi connectivity index (χ1n) is 9.64. The fourth-order valence-corrected chi connectivity index (χ4v) is 3.86. The lowest BCUT2D eigenvalue weighted by atomic mass is 9.86. The Morgan fingerprint density at radius 3 is 2.37 bits per heavy atom. The van der Waals surface area contributed by atoms with Crippen molar-refractivity contribution < 1.29 is 19.5 Å². The molecular formula is C20H27N3O4. The Labute approximate surface area is 159 Å². The summed E-state index contributed by atoms with van der Waals surface area (Å²) in [7, 11) is 0. The van der Waals surface area contributed by atoms with E-state index in [1.54, 1.807) is 4.90 Å². The number of carboxylic acids is 1. The SMILES string of the molecule is CC(NC(=O)NC1CCC(C(=O)O)CC1)c1ccc(N2CCCC2=O)cc1. The molecule has 0 radical (unpaired) electrons. The monoisotopic (exact) mass is 373 g/mol. The number of nitrogens with one attached hydrogen (secondary N) is 2. The third-order valence-electron chi connectivity index (χ3n) is 5.54. The number of nitrogens with zero attached hydrogens (tertiary/aromatic N) is 1. The summed E-state index contributed by atoms with van der Waals surface area (Å²) in [5.74, 6) is -0.873. The molecule has 1 aromatic rings. The van der Waals surface area contributed by atoms with Gasteiger partial charge in [0.15, 0.2) is 0 Å². The molecule has 1 atom stereocenters. The minimum absolute atomic E-state index is 0.0244. The number of carbonyl (C=O) groups excluding carboxylic acids is 2. The minimum Gasteiger partial charge on any atom is -0.481 e. The lowest BCUT2D eigenvalue weighted by Crippen LogP contribution is -2.44. The van der Waals surface area contributed by atoms with Gasteiger partial charge in [-0.1, -0.05) is 12.1 Å².